The predicted molar refractivity (Wildman–Crippen MR) is 82.5 cm³/mol. The maximum absolute atomic E-state index is 3.66. The van der Waals surface area contributed by atoms with Gasteiger partial charge in [-0.1, -0.05) is 31.5 Å². The van der Waals surface area contributed by atoms with Crippen molar-refractivity contribution in [2.75, 3.05) is 19.6 Å². The maximum Gasteiger partial charge on any atom is 0.0239 e. The molecule has 0 aliphatic carbocycles. The lowest BCUT2D eigenvalue weighted by atomic mass is 10.0. The molecule has 0 saturated carbocycles. The fraction of sp³-hybridized carbons (Fsp3) is 0.647. The lowest BCUT2D eigenvalue weighted by molar-refractivity contribution is 0.226. The van der Waals surface area contributed by atoms with E-state index in [2.05, 4.69) is 49.2 Å². The van der Waals surface area contributed by atoms with Gasteiger partial charge >= 0.3 is 0 Å². The summed E-state index contributed by atoms with van der Waals surface area (Å²) in [5.41, 5.74) is 4.37. The molecular formula is C17H28N2. The molecule has 2 nitrogen and oxygen atoms in total. The van der Waals surface area contributed by atoms with Crippen LogP contribution in [0.3, 0.4) is 0 Å². The molecule has 1 aromatic carbocycles. The minimum Gasteiger partial charge on any atom is -0.313 e. The molecule has 1 fully saturated rings. The third-order valence-electron chi connectivity index (χ3n) is 4.36. The quantitative estimate of drug-likeness (QED) is 0.874. The van der Waals surface area contributed by atoms with Crippen LogP contribution in [0.1, 0.15) is 42.9 Å². The van der Waals surface area contributed by atoms with Crippen molar-refractivity contribution in [3.63, 3.8) is 0 Å². The van der Waals surface area contributed by atoms with Crippen LogP contribution in [-0.2, 0) is 6.54 Å². The van der Waals surface area contributed by atoms with Crippen LogP contribution >= 0.6 is 0 Å². The molecule has 1 N–H and O–H groups in total. The number of hydrogen-bond acceptors (Lipinski definition) is 2. The highest BCUT2D eigenvalue weighted by atomic mass is 15.1. The molecule has 1 aromatic rings. The van der Waals surface area contributed by atoms with E-state index in [0.29, 0.717) is 6.04 Å². The normalized spacial score (nSPS) is 19.9. The van der Waals surface area contributed by atoms with Gasteiger partial charge in [0.1, 0.15) is 0 Å². The molecule has 1 unspecified atom stereocenters. The van der Waals surface area contributed by atoms with E-state index in [4.69, 9.17) is 0 Å². The van der Waals surface area contributed by atoms with E-state index >= 15 is 0 Å². The molecule has 0 radical (unpaired) electrons. The summed E-state index contributed by atoms with van der Waals surface area (Å²) >= 11 is 0. The van der Waals surface area contributed by atoms with Crippen LogP contribution in [0, 0.1) is 13.8 Å². The molecule has 2 heteroatoms. The van der Waals surface area contributed by atoms with Crippen LogP contribution in [0.15, 0.2) is 18.2 Å². The first-order valence-electron chi connectivity index (χ1n) is 7.71. The topological polar surface area (TPSA) is 15.3 Å². The number of rotatable bonds is 5. The molecule has 1 heterocycles. The third-order valence-corrected chi connectivity index (χ3v) is 4.36. The summed E-state index contributed by atoms with van der Waals surface area (Å²) in [5, 5.41) is 3.66. The molecule has 1 saturated heterocycles. The first-order chi connectivity index (χ1) is 9.20. The molecule has 106 valence electrons. The van der Waals surface area contributed by atoms with Crippen molar-refractivity contribution in [3.8, 4) is 0 Å². The van der Waals surface area contributed by atoms with E-state index in [-0.39, 0.29) is 0 Å². The Hall–Kier alpha value is -0.860. The van der Waals surface area contributed by atoms with Crippen molar-refractivity contribution in [2.24, 2.45) is 0 Å². The number of hydrogen-bond donors (Lipinski definition) is 1. The van der Waals surface area contributed by atoms with E-state index in [9.17, 15) is 0 Å². The lowest BCUT2D eigenvalue weighted by Gasteiger charge is -2.30. The van der Waals surface area contributed by atoms with Gasteiger partial charge in [0, 0.05) is 19.1 Å². The van der Waals surface area contributed by atoms with Gasteiger partial charge in [0.2, 0.25) is 0 Å². The van der Waals surface area contributed by atoms with Crippen LogP contribution in [0.5, 0.6) is 0 Å². The molecule has 1 aliphatic heterocycles. The Morgan fingerprint density at radius 3 is 2.53 bits per heavy atom. The van der Waals surface area contributed by atoms with Crippen LogP contribution in [-0.4, -0.2) is 30.6 Å². The summed E-state index contributed by atoms with van der Waals surface area (Å²) in [6.07, 6.45) is 4.07. The van der Waals surface area contributed by atoms with Crippen LogP contribution in [0.2, 0.25) is 0 Å². The summed E-state index contributed by atoms with van der Waals surface area (Å²) in [7, 11) is 0. The Kier molecular flexibility index (Phi) is 5.41. The van der Waals surface area contributed by atoms with Gasteiger partial charge in [-0.15, -0.1) is 0 Å². The third kappa shape index (κ3) is 4.05. The average molecular weight is 260 g/mol. The fourth-order valence-corrected chi connectivity index (χ4v) is 3.02. The fourth-order valence-electron chi connectivity index (χ4n) is 3.02. The number of aryl methyl sites for hydroxylation is 2. The molecule has 0 spiro atoms. The SMILES string of the molecule is CCN(Cc1c(C)cccc1C)CC1CCCCN1. The summed E-state index contributed by atoms with van der Waals surface area (Å²) in [4.78, 5) is 2.58. The first kappa shape index (κ1) is 14.5. The molecule has 0 bridgehead atoms. The van der Waals surface area contributed by atoms with Crippen LogP contribution < -0.4 is 5.32 Å². The Labute approximate surface area is 118 Å². The standard InChI is InChI=1S/C17H28N2/c1-4-19(12-16-10-5-6-11-18-16)13-17-14(2)8-7-9-15(17)3/h7-9,16,18H,4-6,10-13H2,1-3H3. The van der Waals surface area contributed by atoms with Crippen molar-refractivity contribution in [1.82, 2.24) is 10.2 Å². The van der Waals surface area contributed by atoms with Gasteiger partial charge in [-0.2, -0.15) is 0 Å². The van der Waals surface area contributed by atoms with E-state index in [1.165, 1.54) is 49.0 Å². The molecule has 0 aromatic heterocycles. The first-order valence-corrected chi connectivity index (χ1v) is 7.71. The molecule has 0 amide bonds. The van der Waals surface area contributed by atoms with Gasteiger partial charge in [0.25, 0.3) is 0 Å². The number of nitrogens with zero attached hydrogens (tertiary/aromatic N) is 1. The Morgan fingerprint density at radius 2 is 1.95 bits per heavy atom. The minimum atomic E-state index is 0.693. The van der Waals surface area contributed by atoms with E-state index in [1.807, 2.05) is 0 Å². The Bertz CT molecular complexity index is 374. The maximum atomic E-state index is 3.66. The van der Waals surface area contributed by atoms with E-state index in [0.717, 1.165) is 13.1 Å². The molecule has 2 rings (SSSR count). The largest absolute Gasteiger partial charge is 0.313 e. The highest BCUT2D eigenvalue weighted by Crippen LogP contribution is 2.17. The zero-order valence-electron chi connectivity index (χ0n) is 12.7. The van der Waals surface area contributed by atoms with Gasteiger partial charge < -0.3 is 5.32 Å². The van der Waals surface area contributed by atoms with Crippen molar-refractivity contribution < 1.29 is 0 Å². The Balaban J connectivity index is 1.98. The average Bonchev–Trinajstić information content (AvgIpc) is 2.43. The zero-order valence-corrected chi connectivity index (χ0v) is 12.7. The highest BCUT2D eigenvalue weighted by Gasteiger charge is 2.16. The number of piperidine rings is 1. The van der Waals surface area contributed by atoms with Crippen molar-refractivity contribution >= 4 is 0 Å². The van der Waals surface area contributed by atoms with E-state index < -0.39 is 0 Å². The second kappa shape index (κ2) is 7.06. The zero-order chi connectivity index (χ0) is 13.7. The number of benzene rings is 1. The smallest absolute Gasteiger partial charge is 0.0239 e. The molecule has 1 aliphatic rings. The van der Waals surface area contributed by atoms with Gasteiger partial charge in [-0.05, 0) is 56.5 Å². The second-order valence-electron chi connectivity index (χ2n) is 5.84. The van der Waals surface area contributed by atoms with Gasteiger partial charge in [-0.3, -0.25) is 4.90 Å². The molecule has 19 heavy (non-hydrogen) atoms. The molecule has 1 atom stereocenters. The van der Waals surface area contributed by atoms with Gasteiger partial charge in [0.15, 0.2) is 0 Å². The summed E-state index contributed by atoms with van der Waals surface area (Å²) < 4.78 is 0. The lowest BCUT2D eigenvalue weighted by Crippen LogP contribution is -2.43. The number of nitrogens with one attached hydrogen (secondary N) is 1. The monoisotopic (exact) mass is 260 g/mol. The van der Waals surface area contributed by atoms with Crippen LogP contribution in [0.4, 0.5) is 0 Å². The van der Waals surface area contributed by atoms with Crippen LogP contribution in [0.25, 0.3) is 0 Å². The van der Waals surface area contributed by atoms with Gasteiger partial charge in [0.05, 0.1) is 0 Å². The van der Waals surface area contributed by atoms with E-state index in [1.54, 1.807) is 0 Å². The second-order valence-corrected chi connectivity index (χ2v) is 5.84. The van der Waals surface area contributed by atoms with Crippen molar-refractivity contribution in [1.29, 1.82) is 0 Å². The minimum absolute atomic E-state index is 0.693. The molecular weight excluding hydrogens is 232 g/mol. The summed E-state index contributed by atoms with van der Waals surface area (Å²) in [5.74, 6) is 0. The van der Waals surface area contributed by atoms with Crippen molar-refractivity contribution in [3.05, 3.63) is 34.9 Å². The predicted octanol–water partition coefficient (Wildman–Crippen LogP) is 3.27. The summed E-state index contributed by atoms with van der Waals surface area (Å²) in [6.45, 7) is 11.3. The van der Waals surface area contributed by atoms with Crippen molar-refractivity contribution in [2.45, 2.75) is 52.6 Å². The summed E-state index contributed by atoms with van der Waals surface area (Å²) in [6, 6.07) is 7.31. The van der Waals surface area contributed by atoms with Gasteiger partial charge in [-0.25, -0.2) is 0 Å². The highest BCUT2D eigenvalue weighted by molar-refractivity contribution is 5.33. The Morgan fingerprint density at radius 1 is 1.21 bits per heavy atom. The number of likely N-dealkylation sites (N-methyl/N-ethyl adjacent to an activating group) is 1.